The van der Waals surface area contributed by atoms with Gasteiger partial charge in [0.1, 0.15) is 0 Å². The molecule has 2 aromatic carbocycles. The lowest BCUT2D eigenvalue weighted by Gasteiger charge is -2.09. The molecule has 0 radical (unpaired) electrons. The van der Waals surface area contributed by atoms with Crippen LogP contribution in [0.5, 0.6) is 0 Å². The average Bonchev–Trinajstić information content (AvgIpc) is 2.60. The third kappa shape index (κ3) is 4.80. The van der Waals surface area contributed by atoms with E-state index in [0.717, 1.165) is 0 Å². The molecule has 0 atom stereocenters. The van der Waals surface area contributed by atoms with Gasteiger partial charge in [-0.05, 0) is 55.0 Å². The Hall–Kier alpha value is -2.87. The first-order chi connectivity index (χ1) is 11.8. The van der Waals surface area contributed by atoms with Gasteiger partial charge in [0.15, 0.2) is 0 Å². The van der Waals surface area contributed by atoms with E-state index in [1.165, 1.54) is 48.5 Å². The van der Waals surface area contributed by atoms with E-state index >= 15 is 0 Å². The third-order valence-electron chi connectivity index (χ3n) is 3.22. The number of carboxylic acids is 1. The molecule has 8 heteroatoms. The number of carbonyl (C=O) groups excluding carboxylic acids is 1. The number of hydrogen-bond acceptors (Lipinski definition) is 5. The highest BCUT2D eigenvalue weighted by Crippen LogP contribution is 2.17. The van der Waals surface area contributed by atoms with Gasteiger partial charge < -0.3 is 9.84 Å². The largest absolute Gasteiger partial charge is 0.478 e. The second-order valence-electron chi connectivity index (χ2n) is 5.15. The fraction of sp³-hybridized carbons (Fsp3) is 0.176. The van der Waals surface area contributed by atoms with E-state index < -0.39 is 22.0 Å². The Balaban J connectivity index is 2.12. The van der Waals surface area contributed by atoms with Crippen LogP contribution in [0.2, 0.25) is 0 Å². The summed E-state index contributed by atoms with van der Waals surface area (Å²) in [4.78, 5) is 22.4. The molecule has 7 nitrogen and oxygen atoms in total. The monoisotopic (exact) mass is 363 g/mol. The number of carbonyl (C=O) groups is 2. The van der Waals surface area contributed by atoms with E-state index in [-0.39, 0.29) is 16.1 Å². The van der Waals surface area contributed by atoms with E-state index in [2.05, 4.69) is 4.72 Å². The van der Waals surface area contributed by atoms with Crippen molar-refractivity contribution in [1.82, 2.24) is 0 Å². The number of rotatable bonds is 7. The molecule has 0 bridgehead atoms. The Morgan fingerprint density at radius 2 is 1.56 bits per heavy atom. The lowest BCUT2D eigenvalue weighted by molar-refractivity contribution is 0.0504. The summed E-state index contributed by atoms with van der Waals surface area (Å²) in [6.45, 7) is 2.20. The van der Waals surface area contributed by atoms with Crippen molar-refractivity contribution in [1.29, 1.82) is 0 Å². The number of ether oxygens (including phenoxy) is 1. The standard InChI is InChI=1S/C17H17NO6S/c1-2-11-24-17(21)13-3-7-14(8-4-13)18-25(22,23)15-9-5-12(6-10-15)16(19)20/h3-10,18H,2,11H2,1H3,(H,19,20). The summed E-state index contributed by atoms with van der Waals surface area (Å²) < 4.78 is 31.9. The SMILES string of the molecule is CCCOC(=O)c1ccc(NS(=O)(=O)c2ccc(C(=O)O)cc2)cc1. The Bertz CT molecular complexity index is 857. The van der Waals surface area contributed by atoms with Gasteiger partial charge in [-0.15, -0.1) is 0 Å². The smallest absolute Gasteiger partial charge is 0.338 e. The van der Waals surface area contributed by atoms with Crippen molar-refractivity contribution in [3.63, 3.8) is 0 Å². The molecular weight excluding hydrogens is 346 g/mol. The van der Waals surface area contributed by atoms with Gasteiger partial charge >= 0.3 is 11.9 Å². The molecule has 0 amide bonds. The molecule has 2 aromatic rings. The molecule has 2 rings (SSSR count). The molecular formula is C17H17NO6S. The predicted octanol–water partition coefficient (Wildman–Crippen LogP) is 2.75. The summed E-state index contributed by atoms with van der Waals surface area (Å²) in [7, 11) is -3.86. The molecule has 0 unspecified atom stereocenters. The van der Waals surface area contributed by atoms with Crippen LogP contribution in [0.15, 0.2) is 53.4 Å². The van der Waals surface area contributed by atoms with Crippen LogP contribution in [0.1, 0.15) is 34.1 Å². The number of esters is 1. The highest BCUT2D eigenvalue weighted by molar-refractivity contribution is 7.92. The Kier molecular flexibility index (Phi) is 5.76. The zero-order valence-corrected chi connectivity index (χ0v) is 14.2. The highest BCUT2D eigenvalue weighted by Gasteiger charge is 2.15. The fourth-order valence-electron chi connectivity index (χ4n) is 1.94. The van der Waals surface area contributed by atoms with Crippen LogP contribution in [-0.2, 0) is 14.8 Å². The van der Waals surface area contributed by atoms with E-state index in [1.807, 2.05) is 6.92 Å². The van der Waals surface area contributed by atoms with Gasteiger partial charge in [-0.2, -0.15) is 0 Å². The maximum absolute atomic E-state index is 12.3. The molecule has 0 saturated carbocycles. The lowest BCUT2D eigenvalue weighted by atomic mass is 10.2. The van der Waals surface area contributed by atoms with Gasteiger partial charge in [0, 0.05) is 5.69 Å². The first-order valence-corrected chi connectivity index (χ1v) is 8.95. The van der Waals surface area contributed by atoms with Gasteiger partial charge in [0.25, 0.3) is 10.0 Å². The number of nitrogens with one attached hydrogen (secondary N) is 1. The van der Waals surface area contributed by atoms with Crippen LogP contribution < -0.4 is 4.72 Å². The molecule has 25 heavy (non-hydrogen) atoms. The van der Waals surface area contributed by atoms with E-state index in [9.17, 15) is 18.0 Å². The number of anilines is 1. The number of benzene rings is 2. The number of sulfonamides is 1. The number of aromatic carboxylic acids is 1. The predicted molar refractivity (Wildman–Crippen MR) is 91.2 cm³/mol. The molecule has 0 fully saturated rings. The van der Waals surface area contributed by atoms with Crippen LogP contribution in [-0.4, -0.2) is 32.1 Å². The summed E-state index contributed by atoms with van der Waals surface area (Å²) in [5.41, 5.74) is 0.588. The Morgan fingerprint density at radius 1 is 1.00 bits per heavy atom. The second-order valence-corrected chi connectivity index (χ2v) is 6.83. The van der Waals surface area contributed by atoms with Gasteiger partial charge in [-0.1, -0.05) is 6.92 Å². The molecule has 0 aromatic heterocycles. The van der Waals surface area contributed by atoms with Crippen molar-refractivity contribution in [2.45, 2.75) is 18.2 Å². The first-order valence-electron chi connectivity index (χ1n) is 7.47. The molecule has 0 aliphatic heterocycles. The molecule has 0 saturated heterocycles. The zero-order chi connectivity index (χ0) is 18.4. The minimum absolute atomic E-state index is 0.00565. The van der Waals surface area contributed by atoms with Gasteiger partial charge in [-0.3, -0.25) is 4.72 Å². The van der Waals surface area contributed by atoms with Crippen LogP contribution >= 0.6 is 0 Å². The normalized spacial score (nSPS) is 10.9. The molecule has 132 valence electrons. The molecule has 2 N–H and O–H groups in total. The molecule has 0 spiro atoms. The topological polar surface area (TPSA) is 110 Å². The number of hydrogen-bond donors (Lipinski definition) is 2. The molecule has 0 aliphatic carbocycles. The van der Waals surface area contributed by atoms with Crippen molar-refractivity contribution in [2.24, 2.45) is 0 Å². The zero-order valence-electron chi connectivity index (χ0n) is 13.4. The summed E-state index contributed by atoms with van der Waals surface area (Å²) in [6, 6.07) is 10.7. The Labute approximate surface area is 145 Å². The summed E-state index contributed by atoms with van der Waals surface area (Å²) >= 11 is 0. The molecule has 0 aliphatic rings. The fourth-order valence-corrected chi connectivity index (χ4v) is 3.00. The van der Waals surface area contributed by atoms with Crippen LogP contribution in [0, 0.1) is 0 Å². The van der Waals surface area contributed by atoms with Crippen molar-refractivity contribution in [3.05, 3.63) is 59.7 Å². The van der Waals surface area contributed by atoms with Crippen LogP contribution in [0.25, 0.3) is 0 Å². The summed E-state index contributed by atoms with van der Waals surface area (Å²) in [5, 5.41) is 8.84. The van der Waals surface area contributed by atoms with Crippen molar-refractivity contribution < 1.29 is 27.9 Å². The maximum Gasteiger partial charge on any atom is 0.338 e. The highest BCUT2D eigenvalue weighted by atomic mass is 32.2. The van der Waals surface area contributed by atoms with E-state index in [4.69, 9.17) is 9.84 Å². The van der Waals surface area contributed by atoms with E-state index in [0.29, 0.717) is 18.6 Å². The van der Waals surface area contributed by atoms with Crippen LogP contribution in [0.3, 0.4) is 0 Å². The second kappa shape index (κ2) is 7.80. The minimum Gasteiger partial charge on any atom is -0.478 e. The quantitative estimate of drug-likeness (QED) is 0.732. The third-order valence-corrected chi connectivity index (χ3v) is 4.62. The molecule has 0 heterocycles. The van der Waals surface area contributed by atoms with E-state index in [1.54, 1.807) is 0 Å². The van der Waals surface area contributed by atoms with Crippen LogP contribution in [0.4, 0.5) is 5.69 Å². The Morgan fingerprint density at radius 3 is 2.08 bits per heavy atom. The van der Waals surface area contributed by atoms with Crippen molar-refractivity contribution >= 4 is 27.6 Å². The van der Waals surface area contributed by atoms with Gasteiger partial charge in [0.2, 0.25) is 0 Å². The lowest BCUT2D eigenvalue weighted by Crippen LogP contribution is -2.13. The first kappa shape index (κ1) is 18.5. The van der Waals surface area contributed by atoms with Crippen molar-refractivity contribution in [3.8, 4) is 0 Å². The summed E-state index contributed by atoms with van der Waals surface area (Å²) in [5.74, 6) is -1.61. The average molecular weight is 363 g/mol. The minimum atomic E-state index is -3.86. The number of carboxylic acid groups (broad SMARTS) is 1. The maximum atomic E-state index is 12.3. The van der Waals surface area contributed by atoms with Crippen molar-refractivity contribution in [2.75, 3.05) is 11.3 Å². The van der Waals surface area contributed by atoms with Gasteiger partial charge in [-0.25, -0.2) is 18.0 Å². The van der Waals surface area contributed by atoms with Gasteiger partial charge in [0.05, 0.1) is 22.6 Å². The summed E-state index contributed by atoms with van der Waals surface area (Å²) in [6.07, 6.45) is 0.713.